The smallest absolute Gasteiger partial charge is 0.251 e. The Kier molecular flexibility index (Phi) is 3.47. The lowest BCUT2D eigenvalue weighted by atomic mass is 10.1. The van der Waals surface area contributed by atoms with E-state index in [2.05, 4.69) is 15.4 Å². The van der Waals surface area contributed by atoms with Crippen molar-refractivity contribution in [1.82, 2.24) is 19.9 Å². The zero-order valence-electron chi connectivity index (χ0n) is 12.2. The van der Waals surface area contributed by atoms with Crippen LogP contribution < -0.4 is 5.32 Å². The molecule has 3 rings (SSSR count). The zero-order chi connectivity index (χ0) is 15.0. The Bertz CT molecular complexity index is 818. The highest BCUT2D eigenvalue weighted by molar-refractivity contribution is 7.16. The minimum absolute atomic E-state index is 0.0833. The first-order valence-electron chi connectivity index (χ1n) is 6.71. The van der Waals surface area contributed by atoms with Crippen molar-refractivity contribution in [1.29, 1.82) is 0 Å². The molecule has 0 saturated carbocycles. The van der Waals surface area contributed by atoms with Crippen LogP contribution in [0.4, 0.5) is 0 Å². The molecule has 0 radical (unpaired) electrons. The number of aromatic nitrogens is 3. The van der Waals surface area contributed by atoms with Gasteiger partial charge in [-0.1, -0.05) is 29.0 Å². The van der Waals surface area contributed by atoms with Crippen LogP contribution in [-0.4, -0.2) is 20.5 Å². The Morgan fingerprint density at radius 1 is 1.33 bits per heavy atom. The molecule has 2 aromatic heterocycles. The maximum atomic E-state index is 12.2. The van der Waals surface area contributed by atoms with E-state index in [9.17, 15) is 4.79 Å². The summed E-state index contributed by atoms with van der Waals surface area (Å²) in [6.45, 7) is 6.27. The molecule has 21 heavy (non-hydrogen) atoms. The fraction of sp³-hybridized carbons (Fsp3) is 0.267. The number of imidazole rings is 1. The van der Waals surface area contributed by atoms with Crippen LogP contribution >= 0.6 is 11.3 Å². The van der Waals surface area contributed by atoms with Gasteiger partial charge in [0.1, 0.15) is 5.01 Å². The summed E-state index contributed by atoms with van der Waals surface area (Å²) in [5, 5.41) is 8.32. The van der Waals surface area contributed by atoms with E-state index in [4.69, 9.17) is 0 Å². The van der Waals surface area contributed by atoms with Gasteiger partial charge in [0, 0.05) is 5.56 Å². The number of benzene rings is 1. The van der Waals surface area contributed by atoms with Gasteiger partial charge in [0.25, 0.3) is 5.91 Å². The molecule has 0 saturated heterocycles. The van der Waals surface area contributed by atoms with E-state index in [1.54, 1.807) is 11.3 Å². The lowest BCUT2D eigenvalue weighted by molar-refractivity contribution is 0.0950. The van der Waals surface area contributed by atoms with Gasteiger partial charge < -0.3 is 5.32 Å². The normalized spacial score (nSPS) is 11.0. The minimum atomic E-state index is -0.0833. The summed E-state index contributed by atoms with van der Waals surface area (Å²) in [5.41, 5.74) is 3.57. The second-order valence-corrected chi connectivity index (χ2v) is 6.17. The highest BCUT2D eigenvalue weighted by Gasteiger charge is 2.14. The van der Waals surface area contributed by atoms with Crippen molar-refractivity contribution in [3.05, 3.63) is 51.8 Å². The molecule has 3 aromatic rings. The van der Waals surface area contributed by atoms with Gasteiger partial charge in [-0.2, -0.15) is 5.10 Å². The topological polar surface area (TPSA) is 59.3 Å². The highest BCUT2D eigenvalue weighted by Crippen LogP contribution is 2.17. The SMILES string of the molecule is Cc1cccc(C(=O)NCc2c(C)nc3sc(C)nn23)c1. The number of hydrogen-bond acceptors (Lipinski definition) is 4. The summed E-state index contributed by atoms with van der Waals surface area (Å²) < 4.78 is 1.81. The first-order chi connectivity index (χ1) is 10.0. The molecule has 5 nitrogen and oxygen atoms in total. The van der Waals surface area contributed by atoms with E-state index in [0.29, 0.717) is 12.1 Å². The third-order valence-electron chi connectivity index (χ3n) is 3.29. The van der Waals surface area contributed by atoms with Crippen LogP contribution in [0.5, 0.6) is 0 Å². The third-order valence-corrected chi connectivity index (χ3v) is 4.12. The standard InChI is InChI=1S/C15H16N4OS/c1-9-5-4-6-12(7-9)14(20)16-8-13-10(2)17-15-19(13)18-11(3)21-15/h4-7H,8H2,1-3H3,(H,16,20). The summed E-state index contributed by atoms with van der Waals surface area (Å²) >= 11 is 1.55. The molecule has 0 aliphatic rings. The van der Waals surface area contributed by atoms with Gasteiger partial charge in [-0.05, 0) is 32.9 Å². The van der Waals surface area contributed by atoms with Gasteiger partial charge in [0.2, 0.25) is 4.96 Å². The van der Waals surface area contributed by atoms with E-state index in [-0.39, 0.29) is 5.91 Å². The van der Waals surface area contributed by atoms with E-state index >= 15 is 0 Å². The first-order valence-corrected chi connectivity index (χ1v) is 7.53. The Labute approximate surface area is 126 Å². The second kappa shape index (κ2) is 5.29. The molecule has 0 atom stereocenters. The van der Waals surface area contributed by atoms with Gasteiger partial charge in [-0.3, -0.25) is 4.79 Å². The Balaban J connectivity index is 1.80. The summed E-state index contributed by atoms with van der Waals surface area (Å²) in [6, 6.07) is 7.55. The van der Waals surface area contributed by atoms with E-state index in [1.165, 1.54) is 0 Å². The van der Waals surface area contributed by atoms with Crippen LogP contribution in [-0.2, 0) is 6.54 Å². The predicted octanol–water partition coefficient (Wildman–Crippen LogP) is 2.65. The van der Waals surface area contributed by atoms with Gasteiger partial charge in [0.15, 0.2) is 0 Å². The molecule has 108 valence electrons. The zero-order valence-corrected chi connectivity index (χ0v) is 13.0. The molecule has 0 aliphatic carbocycles. The molecule has 0 aliphatic heterocycles. The predicted molar refractivity (Wildman–Crippen MR) is 82.7 cm³/mol. The fourth-order valence-electron chi connectivity index (χ4n) is 2.24. The number of nitrogens with one attached hydrogen (secondary N) is 1. The molecule has 1 amide bonds. The van der Waals surface area contributed by atoms with Crippen molar-refractivity contribution >= 4 is 22.2 Å². The molecule has 1 aromatic carbocycles. The quantitative estimate of drug-likeness (QED) is 0.809. The fourth-order valence-corrected chi connectivity index (χ4v) is 3.05. The average Bonchev–Trinajstić information content (AvgIpc) is 2.91. The average molecular weight is 300 g/mol. The van der Waals surface area contributed by atoms with Gasteiger partial charge >= 0.3 is 0 Å². The number of hydrogen-bond donors (Lipinski definition) is 1. The minimum Gasteiger partial charge on any atom is -0.346 e. The lowest BCUT2D eigenvalue weighted by Crippen LogP contribution is -2.24. The molecule has 0 fully saturated rings. The van der Waals surface area contributed by atoms with Crippen molar-refractivity contribution < 1.29 is 4.79 Å². The number of fused-ring (bicyclic) bond motifs is 1. The molecule has 0 unspecified atom stereocenters. The van der Waals surface area contributed by atoms with Crippen LogP contribution in [0.15, 0.2) is 24.3 Å². The molecule has 0 spiro atoms. The van der Waals surface area contributed by atoms with Crippen molar-refractivity contribution in [2.45, 2.75) is 27.3 Å². The first kappa shape index (κ1) is 13.8. The summed E-state index contributed by atoms with van der Waals surface area (Å²) in [4.78, 5) is 17.5. The largest absolute Gasteiger partial charge is 0.346 e. The van der Waals surface area contributed by atoms with Crippen molar-refractivity contribution in [3.63, 3.8) is 0 Å². The maximum absolute atomic E-state index is 12.2. The molecule has 2 heterocycles. The lowest BCUT2D eigenvalue weighted by Gasteiger charge is -2.05. The molecular formula is C15H16N4OS. The van der Waals surface area contributed by atoms with Crippen LogP contribution in [0.1, 0.15) is 32.3 Å². The van der Waals surface area contributed by atoms with Crippen molar-refractivity contribution in [3.8, 4) is 0 Å². The van der Waals surface area contributed by atoms with Gasteiger partial charge in [0.05, 0.1) is 17.9 Å². The number of amides is 1. The van der Waals surface area contributed by atoms with Crippen molar-refractivity contribution in [2.75, 3.05) is 0 Å². The summed E-state index contributed by atoms with van der Waals surface area (Å²) in [5.74, 6) is -0.0833. The van der Waals surface area contributed by atoms with Crippen LogP contribution in [0.25, 0.3) is 4.96 Å². The van der Waals surface area contributed by atoms with E-state index in [1.807, 2.05) is 49.6 Å². The Morgan fingerprint density at radius 2 is 2.14 bits per heavy atom. The Hall–Kier alpha value is -2.21. The molecule has 0 bridgehead atoms. The van der Waals surface area contributed by atoms with Crippen molar-refractivity contribution in [2.24, 2.45) is 0 Å². The van der Waals surface area contributed by atoms with Crippen LogP contribution in [0, 0.1) is 20.8 Å². The second-order valence-electron chi connectivity index (χ2n) is 5.01. The molecular weight excluding hydrogens is 284 g/mol. The Morgan fingerprint density at radius 3 is 2.90 bits per heavy atom. The van der Waals surface area contributed by atoms with Gasteiger partial charge in [-0.15, -0.1) is 0 Å². The molecule has 1 N–H and O–H groups in total. The number of aryl methyl sites for hydroxylation is 3. The number of rotatable bonds is 3. The monoisotopic (exact) mass is 300 g/mol. The van der Waals surface area contributed by atoms with Crippen LogP contribution in [0.3, 0.4) is 0 Å². The highest BCUT2D eigenvalue weighted by atomic mass is 32.1. The van der Waals surface area contributed by atoms with Gasteiger partial charge in [-0.25, -0.2) is 9.50 Å². The van der Waals surface area contributed by atoms with Crippen LogP contribution in [0.2, 0.25) is 0 Å². The van der Waals surface area contributed by atoms with E-state index < -0.39 is 0 Å². The van der Waals surface area contributed by atoms with E-state index in [0.717, 1.165) is 26.9 Å². The maximum Gasteiger partial charge on any atom is 0.251 e. The third kappa shape index (κ3) is 2.67. The summed E-state index contributed by atoms with van der Waals surface area (Å²) in [6.07, 6.45) is 0. The molecule has 6 heteroatoms. The number of carbonyl (C=O) groups is 1. The number of carbonyl (C=O) groups excluding carboxylic acids is 1. The summed E-state index contributed by atoms with van der Waals surface area (Å²) in [7, 11) is 0. The number of nitrogens with zero attached hydrogens (tertiary/aromatic N) is 3.